The average Bonchev–Trinajstić information content (AvgIpc) is 2.54. The Morgan fingerprint density at radius 2 is 2.45 bits per heavy atom. The van der Waals surface area contributed by atoms with E-state index in [4.69, 9.17) is 5.73 Å². The van der Waals surface area contributed by atoms with Crippen LogP contribution in [0.5, 0.6) is 0 Å². The van der Waals surface area contributed by atoms with Crippen LogP contribution in [0.25, 0.3) is 0 Å². The first-order valence-electron chi connectivity index (χ1n) is 4.16. The van der Waals surface area contributed by atoms with Gasteiger partial charge in [0.15, 0.2) is 0 Å². The number of allylic oxidation sites excluding steroid dienone is 1. The Hall–Kier alpha value is -0.700. The van der Waals surface area contributed by atoms with Gasteiger partial charge in [0.1, 0.15) is 6.04 Å². The van der Waals surface area contributed by atoms with E-state index in [1.807, 2.05) is 0 Å². The molecule has 1 heterocycles. The quantitative estimate of drug-likeness (QED) is 0.606. The zero-order valence-corrected chi connectivity index (χ0v) is 6.75. The minimum absolute atomic E-state index is 0.211. The molecule has 0 unspecified atom stereocenters. The molecule has 60 valence electrons. The average molecular weight is 151 g/mol. The summed E-state index contributed by atoms with van der Waals surface area (Å²) in [4.78, 5) is 0. The van der Waals surface area contributed by atoms with E-state index in [0.29, 0.717) is 12.5 Å². The van der Waals surface area contributed by atoms with Crippen molar-refractivity contribution in [3.63, 3.8) is 0 Å². The van der Waals surface area contributed by atoms with Gasteiger partial charge in [0, 0.05) is 6.54 Å². The van der Waals surface area contributed by atoms with Crippen molar-refractivity contribution in [2.24, 2.45) is 21.9 Å². The smallest absolute Gasteiger partial charge is 0.107 e. The van der Waals surface area contributed by atoms with E-state index in [9.17, 15) is 0 Å². The minimum atomic E-state index is 0.211. The molecular weight excluding hydrogens is 138 g/mol. The van der Waals surface area contributed by atoms with E-state index in [-0.39, 0.29) is 6.04 Å². The van der Waals surface area contributed by atoms with Gasteiger partial charge in [0.05, 0.1) is 5.70 Å². The maximum absolute atomic E-state index is 5.56. The third-order valence-corrected chi connectivity index (χ3v) is 2.58. The predicted molar refractivity (Wildman–Crippen MR) is 43.1 cm³/mol. The number of nitrogens with zero attached hydrogens (tertiary/aromatic N) is 2. The molecule has 0 saturated heterocycles. The van der Waals surface area contributed by atoms with Crippen LogP contribution in [-0.2, 0) is 0 Å². The number of hydrogen-bond acceptors (Lipinski definition) is 3. The van der Waals surface area contributed by atoms with Crippen molar-refractivity contribution in [2.45, 2.75) is 25.8 Å². The van der Waals surface area contributed by atoms with Crippen molar-refractivity contribution in [3.05, 3.63) is 11.3 Å². The Labute approximate surface area is 66.4 Å². The SMILES string of the molecule is C[C@@H]1CCC2=C1[C@H](CN)N=N2. The normalized spacial score (nSPS) is 35.1. The lowest BCUT2D eigenvalue weighted by Crippen LogP contribution is -2.20. The fraction of sp³-hybridized carbons (Fsp3) is 0.750. The Bertz CT molecular complexity index is 229. The van der Waals surface area contributed by atoms with Gasteiger partial charge in [-0.1, -0.05) is 6.92 Å². The summed E-state index contributed by atoms with van der Waals surface area (Å²) in [5.41, 5.74) is 8.19. The highest BCUT2D eigenvalue weighted by Gasteiger charge is 2.31. The number of rotatable bonds is 1. The van der Waals surface area contributed by atoms with Gasteiger partial charge in [-0.3, -0.25) is 0 Å². The molecule has 1 aliphatic heterocycles. The van der Waals surface area contributed by atoms with Gasteiger partial charge in [-0.15, -0.1) is 0 Å². The summed E-state index contributed by atoms with van der Waals surface area (Å²) in [6, 6.07) is 0.211. The molecule has 0 saturated carbocycles. The summed E-state index contributed by atoms with van der Waals surface area (Å²) in [5.74, 6) is 0.661. The number of azo groups is 1. The second kappa shape index (κ2) is 2.41. The van der Waals surface area contributed by atoms with Crippen molar-refractivity contribution < 1.29 is 0 Å². The molecule has 0 radical (unpaired) electrons. The molecule has 0 aromatic heterocycles. The molecule has 0 bridgehead atoms. The topological polar surface area (TPSA) is 50.7 Å². The van der Waals surface area contributed by atoms with Crippen molar-refractivity contribution in [3.8, 4) is 0 Å². The van der Waals surface area contributed by atoms with Gasteiger partial charge in [0.2, 0.25) is 0 Å². The highest BCUT2D eigenvalue weighted by atomic mass is 15.2. The molecule has 0 aromatic rings. The van der Waals surface area contributed by atoms with Crippen molar-refractivity contribution in [1.29, 1.82) is 0 Å². The Morgan fingerprint density at radius 1 is 1.64 bits per heavy atom. The van der Waals surface area contributed by atoms with Crippen LogP contribution < -0.4 is 5.73 Å². The van der Waals surface area contributed by atoms with Crippen LogP contribution in [0.15, 0.2) is 21.5 Å². The van der Waals surface area contributed by atoms with Gasteiger partial charge in [0.25, 0.3) is 0 Å². The minimum Gasteiger partial charge on any atom is -0.328 e. The van der Waals surface area contributed by atoms with Crippen LogP contribution in [-0.4, -0.2) is 12.6 Å². The lowest BCUT2D eigenvalue weighted by molar-refractivity contribution is 0.597. The first kappa shape index (κ1) is 6.98. The molecule has 11 heavy (non-hydrogen) atoms. The monoisotopic (exact) mass is 151 g/mol. The molecule has 2 aliphatic rings. The molecule has 0 spiro atoms. The predicted octanol–water partition coefficient (Wildman–Crippen LogP) is 1.46. The first-order valence-corrected chi connectivity index (χ1v) is 4.16. The van der Waals surface area contributed by atoms with E-state index in [1.165, 1.54) is 17.7 Å². The van der Waals surface area contributed by atoms with E-state index in [2.05, 4.69) is 17.2 Å². The third kappa shape index (κ3) is 0.913. The molecule has 2 rings (SSSR count). The van der Waals surface area contributed by atoms with E-state index in [1.54, 1.807) is 0 Å². The Kier molecular flexibility index (Phi) is 1.53. The number of nitrogens with two attached hydrogens (primary N) is 1. The van der Waals surface area contributed by atoms with Crippen LogP contribution in [0.1, 0.15) is 19.8 Å². The van der Waals surface area contributed by atoms with Crippen molar-refractivity contribution in [1.82, 2.24) is 0 Å². The van der Waals surface area contributed by atoms with Crippen molar-refractivity contribution >= 4 is 0 Å². The largest absolute Gasteiger partial charge is 0.328 e. The fourth-order valence-corrected chi connectivity index (χ4v) is 1.94. The van der Waals surface area contributed by atoms with Crippen LogP contribution in [0.2, 0.25) is 0 Å². The fourth-order valence-electron chi connectivity index (χ4n) is 1.94. The van der Waals surface area contributed by atoms with Gasteiger partial charge in [-0.05, 0) is 24.3 Å². The van der Waals surface area contributed by atoms with Gasteiger partial charge < -0.3 is 5.73 Å². The first-order chi connectivity index (χ1) is 5.33. The molecule has 3 heteroatoms. The van der Waals surface area contributed by atoms with Gasteiger partial charge in [-0.2, -0.15) is 10.2 Å². The maximum atomic E-state index is 5.56. The van der Waals surface area contributed by atoms with Crippen LogP contribution in [0, 0.1) is 5.92 Å². The van der Waals surface area contributed by atoms with E-state index < -0.39 is 0 Å². The van der Waals surface area contributed by atoms with Crippen LogP contribution >= 0.6 is 0 Å². The molecule has 0 aromatic carbocycles. The van der Waals surface area contributed by atoms with Crippen LogP contribution in [0.3, 0.4) is 0 Å². The van der Waals surface area contributed by atoms with Gasteiger partial charge in [-0.25, -0.2) is 0 Å². The Balaban J connectivity index is 2.26. The molecule has 1 aliphatic carbocycles. The van der Waals surface area contributed by atoms with Crippen LogP contribution in [0.4, 0.5) is 0 Å². The summed E-state index contributed by atoms with van der Waals surface area (Å²) in [7, 11) is 0. The Morgan fingerprint density at radius 3 is 3.18 bits per heavy atom. The summed E-state index contributed by atoms with van der Waals surface area (Å²) in [6.45, 7) is 2.86. The zero-order chi connectivity index (χ0) is 7.84. The lowest BCUT2D eigenvalue weighted by Gasteiger charge is -2.11. The molecule has 2 atom stereocenters. The zero-order valence-electron chi connectivity index (χ0n) is 6.75. The standard InChI is InChI=1S/C8H13N3/c1-5-2-3-6-8(5)7(4-9)11-10-6/h5,7H,2-4,9H2,1H3/t5-,7+/m1/s1. The van der Waals surface area contributed by atoms with E-state index in [0.717, 1.165) is 6.42 Å². The maximum Gasteiger partial charge on any atom is 0.107 e. The summed E-state index contributed by atoms with van der Waals surface area (Å²) >= 11 is 0. The highest BCUT2D eigenvalue weighted by molar-refractivity contribution is 5.29. The van der Waals surface area contributed by atoms with E-state index >= 15 is 0 Å². The molecule has 0 fully saturated rings. The molecular formula is C8H13N3. The summed E-state index contributed by atoms with van der Waals surface area (Å²) < 4.78 is 0. The van der Waals surface area contributed by atoms with Gasteiger partial charge >= 0.3 is 0 Å². The highest BCUT2D eigenvalue weighted by Crippen LogP contribution is 2.39. The molecule has 0 amide bonds. The second-order valence-corrected chi connectivity index (χ2v) is 3.31. The molecule has 2 N–H and O–H groups in total. The summed E-state index contributed by atoms with van der Waals surface area (Å²) in [5, 5.41) is 8.24. The lowest BCUT2D eigenvalue weighted by atomic mass is 9.98. The second-order valence-electron chi connectivity index (χ2n) is 3.31. The number of hydrogen-bond donors (Lipinski definition) is 1. The summed E-state index contributed by atoms with van der Waals surface area (Å²) in [6.07, 6.45) is 2.34. The van der Waals surface area contributed by atoms with Crippen molar-refractivity contribution in [2.75, 3.05) is 6.54 Å². The molecule has 3 nitrogen and oxygen atoms in total. The third-order valence-electron chi connectivity index (χ3n) is 2.58.